The van der Waals surface area contributed by atoms with Crippen molar-refractivity contribution in [1.82, 2.24) is 0 Å². The number of carbonyl (C=O) groups is 1. The van der Waals surface area contributed by atoms with Crippen LogP contribution in [0.2, 0.25) is 0 Å². The summed E-state index contributed by atoms with van der Waals surface area (Å²) < 4.78 is 191. The average Bonchev–Trinajstić information content (AvgIpc) is 1.37. The quantitative estimate of drug-likeness (QED) is 0.0107. The zero-order valence-corrected chi connectivity index (χ0v) is 68.2. The van der Waals surface area contributed by atoms with Gasteiger partial charge in [0.1, 0.15) is 115 Å². The van der Waals surface area contributed by atoms with Crippen LogP contribution in [0.15, 0.2) is 23.3 Å². The SMILES string of the molecule is CO[C@@H]1[C@@H](O)[C@H](O[C@@H]2[C@@H](O)[C@H](O[C@H]3[C@H](O)[C@@H](O[C@@H]4OC[C@@H](O)[C@H](O)[C@H]4O)[C@H](O[C@H]4[C@H](O[C@H]5CC[C@]6(C)C7=CC[C@]8(C)[C@@H]([C@@](C)(O)[C@@H](CC=C(C)C)OC(C)=O)CC[C@@]8(C)[C@@H]7CC[C@H]6C5(C)C)OC[C@@H](OS(=O)(=O)[O-])[C@@H]4O)O[C@@H]3C)O[C@H](COS(=O)(=O)[O-])[C@H]2O)O[C@H](COS(=O)(=O)[O-])[C@H]1O.[Na+].[Na+].[Na+]. The molecule has 102 heavy (non-hydrogen) atoms. The molecule has 5 heterocycles. The molecule has 0 bridgehead atoms. The van der Waals surface area contributed by atoms with Gasteiger partial charge in [-0.15, -0.1) is 0 Å². The molecule has 0 amide bonds. The largest absolute Gasteiger partial charge is 1.00 e. The van der Waals surface area contributed by atoms with Crippen LogP contribution in [0, 0.1) is 39.4 Å². The summed E-state index contributed by atoms with van der Waals surface area (Å²) in [7, 11) is -15.6. The Morgan fingerprint density at radius 2 is 1.16 bits per heavy atom. The number of rotatable bonds is 24. The van der Waals surface area contributed by atoms with Crippen LogP contribution >= 0.6 is 0 Å². The minimum absolute atomic E-state index is 0. The molecule has 41 heteroatoms. The number of hydrogen-bond donors (Lipinski definition) is 10. The van der Waals surface area contributed by atoms with Gasteiger partial charge in [-0.3, -0.25) is 17.3 Å². The van der Waals surface area contributed by atoms with E-state index in [2.05, 4.69) is 35.2 Å². The van der Waals surface area contributed by atoms with E-state index in [0.717, 1.165) is 31.9 Å². The van der Waals surface area contributed by atoms with Crippen LogP contribution < -0.4 is 88.7 Å². The molecule has 0 unspecified atom stereocenters. The summed E-state index contributed by atoms with van der Waals surface area (Å²) in [6, 6.07) is 0. The molecule has 10 N–H and O–H groups in total. The molecular formula is C61H97Na3O35S3. The maximum atomic E-state index is 12.6. The van der Waals surface area contributed by atoms with E-state index in [0.29, 0.717) is 32.1 Å². The number of aliphatic hydroxyl groups is 10. The molecule has 5 aliphatic heterocycles. The number of fused-ring (bicyclic) bond motifs is 5. The van der Waals surface area contributed by atoms with Gasteiger partial charge < -0.3 is 122 Å². The van der Waals surface area contributed by atoms with Gasteiger partial charge in [-0.05, 0) is 112 Å². The predicted octanol–water partition coefficient (Wildman–Crippen LogP) is -11.5. The Kier molecular flexibility index (Phi) is 31.8. The number of ether oxygens (including phenoxy) is 12. The first-order valence-corrected chi connectivity index (χ1v) is 37.0. The van der Waals surface area contributed by atoms with Crippen LogP contribution in [0.1, 0.15) is 121 Å². The summed E-state index contributed by atoms with van der Waals surface area (Å²) in [6.45, 7) is 15.2. The molecule has 9 aliphatic rings. The monoisotopic (exact) mass is 1550 g/mol. The molecule has 8 fully saturated rings. The van der Waals surface area contributed by atoms with E-state index < -0.39 is 239 Å². The van der Waals surface area contributed by atoms with Gasteiger partial charge in [-0.2, -0.15) is 0 Å². The van der Waals surface area contributed by atoms with Crippen molar-refractivity contribution in [2.24, 2.45) is 39.4 Å². The zero-order valence-electron chi connectivity index (χ0n) is 59.7. The van der Waals surface area contributed by atoms with Crippen molar-refractivity contribution < 1.29 is 253 Å². The summed E-state index contributed by atoms with van der Waals surface area (Å²) in [5.41, 5.74) is -0.857. The van der Waals surface area contributed by atoms with Crippen molar-refractivity contribution in [2.45, 2.75) is 280 Å². The second-order valence-electron chi connectivity index (χ2n) is 29.4. The number of hydrogen-bond acceptors (Lipinski definition) is 35. The van der Waals surface area contributed by atoms with Crippen LogP contribution in [-0.4, -0.2) is 289 Å². The van der Waals surface area contributed by atoms with Crippen LogP contribution in [0.4, 0.5) is 0 Å². The van der Waals surface area contributed by atoms with Crippen molar-refractivity contribution in [3.8, 4) is 0 Å². The molecule has 32 atom stereocenters. The fourth-order valence-corrected chi connectivity index (χ4v) is 18.5. The maximum Gasteiger partial charge on any atom is 1.00 e. The first kappa shape index (κ1) is 91.6. The topological polar surface area (TPSA) is 529 Å². The van der Waals surface area contributed by atoms with E-state index in [-0.39, 0.29) is 112 Å². The Bertz CT molecular complexity index is 3230. The van der Waals surface area contributed by atoms with Crippen molar-refractivity contribution in [2.75, 3.05) is 33.5 Å². The van der Waals surface area contributed by atoms with E-state index in [4.69, 9.17) is 61.0 Å². The minimum atomic E-state index is -5.59. The van der Waals surface area contributed by atoms with Gasteiger partial charge in [0, 0.05) is 20.5 Å². The van der Waals surface area contributed by atoms with Crippen molar-refractivity contribution in [3.63, 3.8) is 0 Å². The van der Waals surface area contributed by atoms with E-state index in [1.165, 1.54) is 19.4 Å². The molecule has 4 aliphatic carbocycles. The summed E-state index contributed by atoms with van der Waals surface area (Å²) in [6.07, 6.45) is -38.7. The van der Waals surface area contributed by atoms with Gasteiger partial charge in [0.25, 0.3) is 0 Å². The smallest absolute Gasteiger partial charge is 0.726 e. The van der Waals surface area contributed by atoms with Crippen LogP contribution in [0.3, 0.4) is 0 Å². The molecule has 0 aromatic carbocycles. The van der Waals surface area contributed by atoms with E-state index >= 15 is 0 Å². The van der Waals surface area contributed by atoms with E-state index in [1.54, 1.807) is 6.92 Å². The Labute approximate surface area is 660 Å². The molecule has 9 rings (SSSR count). The molecular weight excluding hydrogens is 1460 g/mol. The second-order valence-corrected chi connectivity index (χ2v) is 32.6. The first-order valence-electron chi connectivity index (χ1n) is 33.0. The van der Waals surface area contributed by atoms with Crippen LogP contribution in [0.5, 0.6) is 0 Å². The number of esters is 1. The second kappa shape index (κ2) is 35.4. The fraction of sp³-hybridized carbons (Fsp3) is 0.918. The number of aliphatic hydroxyl groups excluding tert-OH is 9. The fourth-order valence-electron chi connectivity index (χ4n) is 17.5. The number of allylic oxidation sites excluding steroid dienone is 3. The molecule has 0 spiro atoms. The summed E-state index contributed by atoms with van der Waals surface area (Å²) in [5, 5.41) is 115. The van der Waals surface area contributed by atoms with Crippen molar-refractivity contribution in [3.05, 3.63) is 23.3 Å². The van der Waals surface area contributed by atoms with Gasteiger partial charge in [0.05, 0.1) is 38.6 Å². The first-order chi connectivity index (χ1) is 45.8. The van der Waals surface area contributed by atoms with Gasteiger partial charge in [-0.25, -0.2) is 25.3 Å². The van der Waals surface area contributed by atoms with Crippen LogP contribution in [0.25, 0.3) is 0 Å². The third-order valence-electron chi connectivity index (χ3n) is 22.8. The summed E-state index contributed by atoms with van der Waals surface area (Å²) in [5.74, 6) is -0.667. The molecule has 572 valence electrons. The average molecular weight is 1560 g/mol. The van der Waals surface area contributed by atoms with E-state index in [9.17, 15) is 94.8 Å². The van der Waals surface area contributed by atoms with Crippen LogP contribution in [-0.2, 0) is 105 Å². The molecule has 0 radical (unpaired) electrons. The maximum absolute atomic E-state index is 12.6. The Morgan fingerprint density at radius 3 is 1.72 bits per heavy atom. The number of methoxy groups -OCH3 is 1. The summed E-state index contributed by atoms with van der Waals surface area (Å²) in [4.78, 5) is 12.5. The van der Waals surface area contributed by atoms with Crippen molar-refractivity contribution in [1.29, 1.82) is 0 Å². The third kappa shape index (κ3) is 19.5. The van der Waals surface area contributed by atoms with E-state index in [1.807, 2.05) is 33.8 Å². The van der Waals surface area contributed by atoms with Gasteiger partial charge in [-0.1, -0.05) is 57.9 Å². The van der Waals surface area contributed by atoms with Crippen molar-refractivity contribution >= 4 is 37.2 Å². The summed E-state index contributed by atoms with van der Waals surface area (Å²) >= 11 is 0. The molecule has 35 nitrogen and oxygen atoms in total. The predicted molar refractivity (Wildman–Crippen MR) is 325 cm³/mol. The zero-order chi connectivity index (χ0) is 73.4. The molecule has 5 saturated heterocycles. The Hall–Kier alpha value is 0.720. The van der Waals surface area contributed by atoms with Gasteiger partial charge in [0.2, 0.25) is 31.2 Å². The molecule has 3 saturated carbocycles. The minimum Gasteiger partial charge on any atom is -0.726 e. The number of carbonyl (C=O) groups excluding carboxylic acids is 1. The standard InChI is InChI=1S/C61H100O35S3.3Na/c1-26(2)12-15-38(88-28(4)62)61(10,72)36-17-21-59(8)30-13-14-35-57(5,6)37(18-19-58(35,7)29(30)16-20-60(36,59)9)91-55-50(42(67)34(23-84-55)96-99(79,80)81)95-56-51(94-52-43(68)39(64)31(63)22-83-52)44(69)47(27(3)87-56)92-54-46(71)49(41(66)33(90-54)25-86-98(76,77)78)93-53-45(70)48(82-11)40(65)32(89-53)24-85-97(73,74)75;;;/h12,16,27,30-56,63-72H,13-15,17-25H2,1-11H3,(H,73,74,75)(H,76,77,78)(H,79,80,81);;;/q;3*+1/p-3/t27-,30-,31-,32-,33-,34-,35+,36+,37+,38-,39+,40-,41-,42+,43-,44+,45-,46-,47-,48+,49+,50-,51-,52+,53+,54+,55+,56+,58-,59+,60-,61-;;;/m1.../s1. The normalized spacial score (nSPS) is 44.6. The van der Waals surface area contributed by atoms with Gasteiger partial charge >= 0.3 is 94.6 Å². The third-order valence-corrected chi connectivity index (χ3v) is 24.1. The van der Waals surface area contributed by atoms with Gasteiger partial charge in [0.15, 0.2) is 31.5 Å². The Morgan fingerprint density at radius 1 is 0.618 bits per heavy atom. The molecule has 0 aromatic rings. The Balaban J connectivity index is 0.00000545. The molecule has 0 aromatic heterocycles.